The number of aromatic nitrogens is 1. The topological polar surface area (TPSA) is 39.1 Å². The lowest BCUT2D eigenvalue weighted by molar-refractivity contribution is 0.589. The van der Waals surface area contributed by atoms with Crippen LogP contribution in [-0.2, 0) is 16.4 Å². The Balaban J connectivity index is 2.13. The van der Waals surface area contributed by atoms with Crippen LogP contribution in [0.2, 0.25) is 0 Å². The molecule has 1 heterocycles. The van der Waals surface area contributed by atoms with Crippen LogP contribution >= 0.6 is 0 Å². The predicted octanol–water partition coefficient (Wildman–Crippen LogP) is 3.83. The van der Waals surface area contributed by atoms with Crippen molar-refractivity contribution in [2.45, 2.75) is 24.7 Å². The molecule has 0 saturated carbocycles. The van der Waals surface area contributed by atoms with Crippen LogP contribution < -0.4 is 0 Å². The molecule has 3 aromatic rings. The minimum absolute atomic E-state index is 0.306. The molecule has 3 nitrogen and oxygen atoms in total. The third-order valence-corrected chi connectivity index (χ3v) is 5.26. The van der Waals surface area contributed by atoms with Gasteiger partial charge in [0.15, 0.2) is 0 Å². The first-order chi connectivity index (χ1) is 10.1. The van der Waals surface area contributed by atoms with Crippen LogP contribution in [-0.4, -0.2) is 12.4 Å². The normalized spacial score (nSPS) is 11.9. The highest BCUT2D eigenvalue weighted by Crippen LogP contribution is 2.23. The van der Waals surface area contributed by atoms with Gasteiger partial charge in [-0.3, -0.25) is 0 Å². The summed E-state index contributed by atoms with van der Waals surface area (Å²) in [5, 5.41) is 0.959. The molecule has 21 heavy (non-hydrogen) atoms. The number of fused-ring (bicyclic) bond motifs is 1. The fourth-order valence-electron chi connectivity index (χ4n) is 2.53. The lowest BCUT2D eigenvalue weighted by Gasteiger charge is -2.08. The van der Waals surface area contributed by atoms with E-state index in [1.165, 1.54) is 9.54 Å². The lowest BCUT2D eigenvalue weighted by Crippen LogP contribution is -2.11. The number of rotatable bonds is 4. The molecule has 0 spiro atoms. The Morgan fingerprint density at radius 3 is 2.48 bits per heavy atom. The van der Waals surface area contributed by atoms with Crippen LogP contribution in [0.15, 0.2) is 65.7 Å². The van der Waals surface area contributed by atoms with Gasteiger partial charge in [-0.2, -0.15) is 0 Å². The van der Waals surface area contributed by atoms with Gasteiger partial charge in [-0.05, 0) is 42.3 Å². The molecule has 0 aliphatic heterocycles. The standard InChI is InChI=1S/C17H17NO2S/c1-2-6-14-9-10-17-15(13-14)11-12-18(17)21(19,20)16-7-4-3-5-8-16/h3-5,7-13H,2,6H2,1H3. The number of benzene rings is 2. The maximum absolute atomic E-state index is 12.7. The maximum atomic E-state index is 12.7. The van der Waals surface area contributed by atoms with Gasteiger partial charge in [-0.15, -0.1) is 0 Å². The summed E-state index contributed by atoms with van der Waals surface area (Å²) in [4.78, 5) is 0.306. The molecular weight excluding hydrogens is 282 g/mol. The maximum Gasteiger partial charge on any atom is 0.268 e. The minimum atomic E-state index is -3.53. The van der Waals surface area contributed by atoms with Crippen molar-refractivity contribution in [1.82, 2.24) is 3.97 Å². The quantitative estimate of drug-likeness (QED) is 0.734. The molecule has 3 rings (SSSR count). The summed E-state index contributed by atoms with van der Waals surface area (Å²) in [5.74, 6) is 0. The third kappa shape index (κ3) is 2.47. The Bertz CT molecular complexity index is 864. The summed E-state index contributed by atoms with van der Waals surface area (Å²) in [6.07, 6.45) is 3.71. The van der Waals surface area contributed by atoms with Crippen molar-refractivity contribution in [3.63, 3.8) is 0 Å². The van der Waals surface area contributed by atoms with Crippen molar-refractivity contribution in [3.8, 4) is 0 Å². The molecule has 0 fully saturated rings. The van der Waals surface area contributed by atoms with E-state index in [9.17, 15) is 8.42 Å². The lowest BCUT2D eigenvalue weighted by atomic mass is 10.1. The van der Waals surface area contributed by atoms with Gasteiger partial charge in [0, 0.05) is 11.6 Å². The molecule has 0 N–H and O–H groups in total. The van der Waals surface area contributed by atoms with Gasteiger partial charge in [-0.25, -0.2) is 12.4 Å². The van der Waals surface area contributed by atoms with Gasteiger partial charge >= 0.3 is 0 Å². The van der Waals surface area contributed by atoms with E-state index in [4.69, 9.17) is 0 Å². The molecule has 0 radical (unpaired) electrons. The van der Waals surface area contributed by atoms with Crippen molar-refractivity contribution in [2.24, 2.45) is 0 Å². The van der Waals surface area contributed by atoms with Gasteiger partial charge in [0.2, 0.25) is 0 Å². The molecule has 0 aliphatic rings. The van der Waals surface area contributed by atoms with Crippen LogP contribution in [0.25, 0.3) is 10.9 Å². The Hall–Kier alpha value is -2.07. The fraction of sp³-hybridized carbons (Fsp3) is 0.176. The van der Waals surface area contributed by atoms with E-state index in [0.29, 0.717) is 4.90 Å². The van der Waals surface area contributed by atoms with Crippen LogP contribution in [0.5, 0.6) is 0 Å². The van der Waals surface area contributed by atoms with Crippen molar-refractivity contribution in [3.05, 3.63) is 66.4 Å². The van der Waals surface area contributed by atoms with Crippen molar-refractivity contribution in [1.29, 1.82) is 0 Å². The Kier molecular flexibility index (Phi) is 3.55. The zero-order chi connectivity index (χ0) is 14.9. The third-order valence-electron chi connectivity index (χ3n) is 3.56. The summed E-state index contributed by atoms with van der Waals surface area (Å²) in [7, 11) is -3.53. The van der Waals surface area contributed by atoms with Crippen LogP contribution in [0.4, 0.5) is 0 Å². The highest BCUT2D eigenvalue weighted by Gasteiger charge is 2.18. The second-order valence-electron chi connectivity index (χ2n) is 5.07. The van der Waals surface area contributed by atoms with E-state index in [1.54, 1.807) is 30.5 Å². The monoisotopic (exact) mass is 299 g/mol. The molecule has 0 amide bonds. The fourth-order valence-corrected chi connectivity index (χ4v) is 3.90. The molecule has 0 atom stereocenters. The van der Waals surface area contributed by atoms with Gasteiger partial charge in [0.25, 0.3) is 10.0 Å². The smallest absolute Gasteiger partial charge is 0.241 e. The largest absolute Gasteiger partial charge is 0.268 e. The van der Waals surface area contributed by atoms with Gasteiger partial charge < -0.3 is 0 Å². The Morgan fingerprint density at radius 1 is 1.00 bits per heavy atom. The van der Waals surface area contributed by atoms with Crippen LogP contribution in [0, 0.1) is 0 Å². The zero-order valence-electron chi connectivity index (χ0n) is 11.9. The summed E-state index contributed by atoms with van der Waals surface area (Å²) in [6, 6.07) is 16.3. The molecule has 4 heteroatoms. The molecule has 0 aliphatic carbocycles. The first kappa shape index (κ1) is 13.9. The first-order valence-electron chi connectivity index (χ1n) is 7.03. The van der Waals surface area contributed by atoms with Crippen LogP contribution in [0.1, 0.15) is 18.9 Å². The molecule has 0 unspecified atom stereocenters. The predicted molar refractivity (Wildman–Crippen MR) is 85.0 cm³/mol. The number of hydrogen-bond donors (Lipinski definition) is 0. The van der Waals surface area contributed by atoms with Gasteiger partial charge in [-0.1, -0.05) is 37.6 Å². The molecule has 2 aromatic carbocycles. The van der Waals surface area contributed by atoms with Gasteiger partial charge in [0.1, 0.15) is 0 Å². The molecule has 1 aromatic heterocycles. The summed E-state index contributed by atoms with van der Waals surface area (Å²) >= 11 is 0. The zero-order valence-corrected chi connectivity index (χ0v) is 12.7. The van der Waals surface area contributed by atoms with E-state index in [0.717, 1.165) is 23.7 Å². The van der Waals surface area contributed by atoms with E-state index in [-0.39, 0.29) is 0 Å². The summed E-state index contributed by atoms with van der Waals surface area (Å²) in [5.41, 5.74) is 1.96. The Morgan fingerprint density at radius 2 is 1.76 bits per heavy atom. The van der Waals surface area contributed by atoms with E-state index < -0.39 is 10.0 Å². The number of hydrogen-bond acceptors (Lipinski definition) is 2. The highest BCUT2D eigenvalue weighted by atomic mass is 32.2. The molecular formula is C17H17NO2S. The van der Waals surface area contributed by atoms with E-state index >= 15 is 0 Å². The van der Waals surface area contributed by atoms with E-state index in [1.807, 2.05) is 24.3 Å². The molecule has 108 valence electrons. The first-order valence-corrected chi connectivity index (χ1v) is 8.47. The molecule has 0 bridgehead atoms. The number of nitrogens with zero attached hydrogens (tertiary/aromatic N) is 1. The average molecular weight is 299 g/mol. The average Bonchev–Trinajstić information content (AvgIpc) is 2.92. The second-order valence-corrected chi connectivity index (χ2v) is 6.89. The van der Waals surface area contributed by atoms with Crippen molar-refractivity contribution in [2.75, 3.05) is 0 Å². The van der Waals surface area contributed by atoms with Crippen molar-refractivity contribution >= 4 is 20.9 Å². The highest BCUT2D eigenvalue weighted by molar-refractivity contribution is 7.90. The SMILES string of the molecule is CCCc1ccc2c(ccn2S(=O)(=O)c2ccccc2)c1. The van der Waals surface area contributed by atoms with Crippen molar-refractivity contribution < 1.29 is 8.42 Å². The van der Waals surface area contributed by atoms with Crippen LogP contribution in [0.3, 0.4) is 0 Å². The molecule has 0 saturated heterocycles. The summed E-state index contributed by atoms with van der Waals surface area (Å²) < 4.78 is 26.7. The van der Waals surface area contributed by atoms with E-state index in [2.05, 4.69) is 13.0 Å². The second kappa shape index (κ2) is 5.37. The number of aryl methyl sites for hydroxylation is 1. The Labute approximate surface area is 124 Å². The van der Waals surface area contributed by atoms with Gasteiger partial charge in [0.05, 0.1) is 10.4 Å². The summed E-state index contributed by atoms with van der Waals surface area (Å²) in [6.45, 7) is 2.13. The minimum Gasteiger partial charge on any atom is -0.241 e.